The predicted molar refractivity (Wildman–Crippen MR) is 119 cm³/mol. The molecular weight excluding hydrogens is 466 g/mol. The highest BCUT2D eigenvalue weighted by Gasteiger charge is 2.53. The van der Waals surface area contributed by atoms with E-state index in [1.54, 1.807) is 18.2 Å². The fraction of sp³-hybridized carbons (Fsp3) is 0.190. The number of imide groups is 1. The molecule has 176 valence electrons. The number of ether oxygens (including phenoxy) is 1. The normalized spacial score (nSPS) is 19.8. The van der Waals surface area contributed by atoms with Gasteiger partial charge in [-0.2, -0.15) is 8.42 Å². The lowest BCUT2D eigenvalue weighted by Gasteiger charge is -2.29. The van der Waals surface area contributed by atoms with Crippen LogP contribution in [0.3, 0.4) is 0 Å². The van der Waals surface area contributed by atoms with Crippen molar-refractivity contribution in [3.05, 3.63) is 59.4 Å². The first kappa shape index (κ1) is 21.7. The van der Waals surface area contributed by atoms with Crippen LogP contribution in [0.4, 0.5) is 10.5 Å². The Bertz CT molecular complexity index is 1480. The molecule has 2 aliphatic rings. The molecular formula is C21H19N5O7S. The summed E-state index contributed by atoms with van der Waals surface area (Å²) >= 11 is 0. The van der Waals surface area contributed by atoms with Crippen molar-refractivity contribution in [1.82, 2.24) is 15.5 Å². The smallest absolute Gasteiger partial charge is 0.322 e. The molecule has 34 heavy (non-hydrogen) atoms. The van der Waals surface area contributed by atoms with Crippen molar-refractivity contribution in [2.75, 3.05) is 18.4 Å². The molecule has 1 fully saturated rings. The molecule has 5 rings (SSSR count). The molecule has 0 radical (unpaired) electrons. The van der Waals surface area contributed by atoms with Crippen molar-refractivity contribution in [2.24, 2.45) is 5.14 Å². The second-order valence-electron chi connectivity index (χ2n) is 8.01. The summed E-state index contributed by atoms with van der Waals surface area (Å²) in [4.78, 5) is 39.6. The van der Waals surface area contributed by atoms with Crippen molar-refractivity contribution < 1.29 is 32.0 Å². The van der Waals surface area contributed by atoms with Crippen LogP contribution < -0.4 is 25.2 Å². The maximum atomic E-state index is 13.1. The number of hydrogen-bond donors (Lipinski definition) is 4. The first-order valence-electron chi connectivity index (χ1n) is 10.0. The summed E-state index contributed by atoms with van der Waals surface area (Å²) < 4.78 is 35.9. The molecule has 2 aliphatic heterocycles. The van der Waals surface area contributed by atoms with E-state index in [9.17, 15) is 22.8 Å². The summed E-state index contributed by atoms with van der Waals surface area (Å²) in [7, 11) is -2.49. The number of benzene rings is 2. The number of nitrogens with two attached hydrogens (primary N) is 1. The SMILES string of the molecule is COc1ccc2c(c1)C(=O)N(C[C@@]1(c3cc4cc(NS(N)(=O)=O)ccc4o3)NC(=O)NC1=O)C2. The summed E-state index contributed by atoms with van der Waals surface area (Å²) in [5, 5.41) is 10.3. The Kier molecular flexibility index (Phi) is 4.77. The topological polar surface area (TPSA) is 173 Å². The van der Waals surface area contributed by atoms with Crippen molar-refractivity contribution >= 4 is 44.7 Å². The average molecular weight is 485 g/mol. The molecule has 3 heterocycles. The number of carbonyl (C=O) groups is 3. The van der Waals surface area contributed by atoms with Gasteiger partial charge in [0.25, 0.3) is 22.0 Å². The molecule has 1 atom stereocenters. The summed E-state index contributed by atoms with van der Waals surface area (Å²) in [6.07, 6.45) is 0. The van der Waals surface area contributed by atoms with Crippen LogP contribution >= 0.6 is 0 Å². The lowest BCUT2D eigenvalue weighted by molar-refractivity contribution is -0.125. The lowest BCUT2D eigenvalue weighted by atomic mass is 9.95. The maximum Gasteiger partial charge on any atom is 0.322 e. The van der Waals surface area contributed by atoms with E-state index in [2.05, 4.69) is 15.4 Å². The first-order chi connectivity index (χ1) is 16.1. The van der Waals surface area contributed by atoms with Crippen LogP contribution in [0.25, 0.3) is 11.0 Å². The van der Waals surface area contributed by atoms with Crippen molar-refractivity contribution in [2.45, 2.75) is 12.1 Å². The number of carbonyl (C=O) groups excluding carboxylic acids is 3. The zero-order valence-electron chi connectivity index (χ0n) is 17.7. The van der Waals surface area contributed by atoms with Crippen LogP contribution in [-0.4, -0.2) is 44.8 Å². The highest BCUT2D eigenvalue weighted by molar-refractivity contribution is 7.90. The molecule has 3 aromatic rings. The fourth-order valence-corrected chi connectivity index (χ4v) is 4.67. The Morgan fingerprint density at radius 3 is 2.65 bits per heavy atom. The van der Waals surface area contributed by atoms with Crippen molar-refractivity contribution in [1.29, 1.82) is 0 Å². The van der Waals surface area contributed by atoms with Crippen LogP contribution in [0, 0.1) is 0 Å². The van der Waals surface area contributed by atoms with Gasteiger partial charge in [-0.25, -0.2) is 9.93 Å². The second kappa shape index (κ2) is 7.46. The molecule has 1 saturated heterocycles. The van der Waals surface area contributed by atoms with Gasteiger partial charge in [-0.05, 0) is 42.0 Å². The quantitative estimate of drug-likeness (QED) is 0.373. The number of nitrogens with zero attached hydrogens (tertiary/aromatic N) is 1. The molecule has 2 aromatic carbocycles. The first-order valence-corrected chi connectivity index (χ1v) is 11.6. The molecule has 4 amide bonds. The van der Waals surface area contributed by atoms with E-state index in [4.69, 9.17) is 14.3 Å². The van der Waals surface area contributed by atoms with Crippen LogP contribution in [0.2, 0.25) is 0 Å². The fourth-order valence-electron chi connectivity index (χ4n) is 4.22. The average Bonchev–Trinajstić information content (AvgIpc) is 3.41. The molecule has 12 nitrogen and oxygen atoms in total. The van der Waals surface area contributed by atoms with Crippen LogP contribution in [0.15, 0.2) is 46.9 Å². The Hall–Kier alpha value is -4.10. The van der Waals surface area contributed by atoms with E-state index in [0.717, 1.165) is 5.56 Å². The third-order valence-corrected chi connectivity index (χ3v) is 6.28. The van der Waals surface area contributed by atoms with Crippen molar-refractivity contribution in [3.63, 3.8) is 0 Å². The molecule has 0 saturated carbocycles. The zero-order valence-corrected chi connectivity index (χ0v) is 18.6. The standard InChI is InChI=1S/C21H19N5O7S/c1-32-14-4-2-11-9-26(18(27)15(11)8-14)10-21(19(28)23-20(29)24-21)17-7-12-6-13(25-34(22,30)31)3-5-16(12)33-17/h2-8,25H,9-10H2,1H3,(H2,22,30,31)(H2,23,24,28,29)/t21-/m0/s1. The van der Waals surface area contributed by atoms with Crippen LogP contribution in [0.5, 0.6) is 5.75 Å². The minimum atomic E-state index is -3.99. The monoisotopic (exact) mass is 485 g/mol. The van der Waals surface area contributed by atoms with E-state index < -0.39 is 27.7 Å². The summed E-state index contributed by atoms with van der Waals surface area (Å²) in [6.45, 7) is 0.0359. The number of urea groups is 1. The van der Waals surface area contributed by atoms with Gasteiger partial charge in [-0.1, -0.05) is 6.07 Å². The van der Waals surface area contributed by atoms with Crippen LogP contribution in [-0.2, 0) is 27.1 Å². The van der Waals surface area contributed by atoms with E-state index in [-0.39, 0.29) is 30.4 Å². The van der Waals surface area contributed by atoms with Gasteiger partial charge in [0.1, 0.15) is 17.1 Å². The molecule has 0 bridgehead atoms. The molecule has 13 heteroatoms. The number of furan rings is 1. The van der Waals surface area contributed by atoms with E-state index >= 15 is 0 Å². The van der Waals surface area contributed by atoms with Gasteiger partial charge in [0, 0.05) is 17.5 Å². The predicted octanol–water partition coefficient (Wildman–Crippen LogP) is 0.748. The van der Waals surface area contributed by atoms with E-state index in [0.29, 0.717) is 22.3 Å². The highest BCUT2D eigenvalue weighted by Crippen LogP contribution is 2.35. The third-order valence-electron chi connectivity index (χ3n) is 5.76. The third kappa shape index (κ3) is 3.60. The Balaban J connectivity index is 1.52. The van der Waals surface area contributed by atoms with Gasteiger partial charge in [0.15, 0.2) is 5.54 Å². The van der Waals surface area contributed by atoms with Gasteiger partial charge in [-0.15, -0.1) is 0 Å². The Morgan fingerprint density at radius 2 is 1.97 bits per heavy atom. The number of fused-ring (bicyclic) bond motifs is 2. The minimum absolute atomic E-state index is 0.0833. The number of rotatable bonds is 6. The Morgan fingerprint density at radius 1 is 1.18 bits per heavy atom. The number of amides is 4. The Labute approximate surface area is 193 Å². The van der Waals surface area contributed by atoms with Crippen molar-refractivity contribution in [3.8, 4) is 5.75 Å². The zero-order chi connectivity index (χ0) is 24.3. The van der Waals surface area contributed by atoms with E-state index in [1.807, 2.05) is 0 Å². The molecule has 0 aliphatic carbocycles. The summed E-state index contributed by atoms with van der Waals surface area (Å²) in [5.74, 6) is -0.393. The van der Waals surface area contributed by atoms with Gasteiger partial charge in [0.2, 0.25) is 0 Å². The molecule has 0 unspecified atom stereocenters. The summed E-state index contributed by atoms with van der Waals surface area (Å²) in [6, 6.07) is 10.3. The van der Waals surface area contributed by atoms with E-state index in [1.165, 1.54) is 36.3 Å². The van der Waals surface area contributed by atoms with Gasteiger partial charge in [-0.3, -0.25) is 19.6 Å². The number of hydrogen-bond acceptors (Lipinski definition) is 7. The molecule has 0 spiro atoms. The second-order valence-corrected chi connectivity index (χ2v) is 9.30. The summed E-state index contributed by atoms with van der Waals surface area (Å²) in [5.41, 5.74) is 0.0434. The lowest BCUT2D eigenvalue weighted by Crippen LogP contribution is -2.52. The minimum Gasteiger partial charge on any atom is -0.497 e. The highest BCUT2D eigenvalue weighted by atomic mass is 32.2. The van der Waals surface area contributed by atoms with Gasteiger partial charge in [0.05, 0.1) is 19.3 Å². The molecule has 5 N–H and O–H groups in total. The van der Waals surface area contributed by atoms with Crippen LogP contribution in [0.1, 0.15) is 21.7 Å². The number of nitrogens with one attached hydrogen (secondary N) is 3. The largest absolute Gasteiger partial charge is 0.497 e. The maximum absolute atomic E-state index is 13.1. The van der Waals surface area contributed by atoms with Gasteiger partial charge < -0.3 is 19.4 Å². The van der Waals surface area contributed by atoms with Gasteiger partial charge >= 0.3 is 6.03 Å². The number of methoxy groups -OCH3 is 1. The number of anilines is 1. The molecule has 1 aromatic heterocycles.